The van der Waals surface area contributed by atoms with E-state index in [1.54, 1.807) is 0 Å². The zero-order valence-electron chi connectivity index (χ0n) is 12.6. The maximum atomic E-state index is 5.36. The van der Waals surface area contributed by atoms with E-state index in [2.05, 4.69) is 36.2 Å². The van der Waals surface area contributed by atoms with Crippen LogP contribution in [-0.4, -0.2) is 16.9 Å². The minimum atomic E-state index is -0.125. The number of ether oxygens (including phenoxy) is 2. The lowest BCUT2D eigenvalue weighted by molar-refractivity contribution is 0.174. The molecule has 0 aliphatic carbocycles. The molecule has 1 aromatic carbocycles. The van der Waals surface area contributed by atoms with Crippen LogP contribution in [-0.2, 0) is 5.41 Å². The number of hydrogen-bond donors (Lipinski definition) is 1. The highest BCUT2D eigenvalue weighted by molar-refractivity contribution is 5.56. The molecule has 1 aliphatic heterocycles. The Bertz CT molecular complexity index is 646. The lowest BCUT2D eigenvalue weighted by atomic mass is 9.96. The zero-order valence-corrected chi connectivity index (χ0v) is 12.6. The number of rotatable bonds is 3. The summed E-state index contributed by atoms with van der Waals surface area (Å²) in [5.74, 6) is 2.78. The Hall–Kier alpha value is -2.24. The molecule has 112 valence electrons. The fourth-order valence-corrected chi connectivity index (χ4v) is 2.01. The summed E-state index contributed by atoms with van der Waals surface area (Å²) >= 11 is 0. The second-order valence-electron chi connectivity index (χ2n) is 6.14. The lowest BCUT2D eigenvalue weighted by Gasteiger charge is -2.13. The Balaban J connectivity index is 1.74. The van der Waals surface area contributed by atoms with Crippen molar-refractivity contribution >= 4 is 5.69 Å². The van der Waals surface area contributed by atoms with Gasteiger partial charge in [0.25, 0.3) is 0 Å². The van der Waals surface area contributed by atoms with E-state index in [4.69, 9.17) is 14.0 Å². The minimum absolute atomic E-state index is 0.0889. The number of fused-ring (bicyclic) bond motifs is 1. The van der Waals surface area contributed by atoms with Gasteiger partial charge in [-0.1, -0.05) is 25.9 Å². The van der Waals surface area contributed by atoms with E-state index < -0.39 is 0 Å². The lowest BCUT2D eigenvalue weighted by Crippen LogP contribution is -2.14. The Morgan fingerprint density at radius 1 is 1.19 bits per heavy atom. The quantitative estimate of drug-likeness (QED) is 0.935. The van der Waals surface area contributed by atoms with Crippen molar-refractivity contribution in [1.29, 1.82) is 0 Å². The largest absolute Gasteiger partial charge is 0.454 e. The summed E-state index contributed by atoms with van der Waals surface area (Å²) in [6.07, 6.45) is 0. The van der Waals surface area contributed by atoms with Gasteiger partial charge in [0.15, 0.2) is 17.3 Å². The van der Waals surface area contributed by atoms with E-state index in [-0.39, 0.29) is 18.2 Å². The molecule has 6 nitrogen and oxygen atoms in total. The highest BCUT2D eigenvalue weighted by Crippen LogP contribution is 2.35. The highest BCUT2D eigenvalue weighted by Gasteiger charge is 2.23. The van der Waals surface area contributed by atoms with Gasteiger partial charge in [0.2, 0.25) is 12.7 Å². The molecule has 0 unspecified atom stereocenters. The molecule has 0 saturated carbocycles. The van der Waals surface area contributed by atoms with E-state index in [1.807, 2.05) is 25.1 Å². The average molecular weight is 289 g/mol. The van der Waals surface area contributed by atoms with Gasteiger partial charge < -0.3 is 19.3 Å². The molecule has 0 radical (unpaired) electrons. The number of hydrogen-bond acceptors (Lipinski definition) is 6. The van der Waals surface area contributed by atoms with Crippen LogP contribution in [0.25, 0.3) is 0 Å². The van der Waals surface area contributed by atoms with Gasteiger partial charge in [-0.3, -0.25) is 0 Å². The van der Waals surface area contributed by atoms with Crippen LogP contribution in [0, 0.1) is 0 Å². The monoisotopic (exact) mass is 289 g/mol. The molecule has 1 aromatic heterocycles. The molecule has 1 N–H and O–H groups in total. The Morgan fingerprint density at radius 2 is 1.95 bits per heavy atom. The van der Waals surface area contributed by atoms with E-state index in [9.17, 15) is 0 Å². The van der Waals surface area contributed by atoms with Gasteiger partial charge in [0.1, 0.15) is 6.04 Å². The number of benzene rings is 1. The Morgan fingerprint density at radius 3 is 2.67 bits per heavy atom. The van der Waals surface area contributed by atoms with Crippen molar-refractivity contribution in [2.24, 2.45) is 0 Å². The number of nitrogens with one attached hydrogen (secondary N) is 1. The van der Waals surface area contributed by atoms with Crippen LogP contribution >= 0.6 is 0 Å². The standard InChI is InChI=1S/C15H19N3O3/c1-9(13-17-14(18-21-13)15(2,3)4)16-10-5-6-11-12(7-10)20-8-19-11/h5-7,9,16H,8H2,1-4H3/t9-/m0/s1. The van der Waals surface area contributed by atoms with Crippen molar-refractivity contribution in [2.45, 2.75) is 39.2 Å². The summed E-state index contributed by atoms with van der Waals surface area (Å²) in [6.45, 7) is 8.41. The molecule has 0 fully saturated rings. The fourth-order valence-electron chi connectivity index (χ4n) is 2.01. The van der Waals surface area contributed by atoms with Gasteiger partial charge in [0, 0.05) is 17.2 Å². The highest BCUT2D eigenvalue weighted by atomic mass is 16.7. The molecule has 1 aliphatic rings. The minimum Gasteiger partial charge on any atom is -0.454 e. The van der Waals surface area contributed by atoms with Gasteiger partial charge >= 0.3 is 0 Å². The predicted molar refractivity (Wildman–Crippen MR) is 77.6 cm³/mol. The van der Waals surface area contributed by atoms with Crippen molar-refractivity contribution in [2.75, 3.05) is 12.1 Å². The van der Waals surface area contributed by atoms with Gasteiger partial charge in [-0.05, 0) is 19.1 Å². The first-order valence-electron chi connectivity index (χ1n) is 6.94. The van der Waals surface area contributed by atoms with Crippen LogP contribution < -0.4 is 14.8 Å². The van der Waals surface area contributed by atoms with Crippen LogP contribution in [0.3, 0.4) is 0 Å². The smallest absolute Gasteiger partial charge is 0.248 e. The van der Waals surface area contributed by atoms with Gasteiger partial charge in [0.05, 0.1) is 0 Å². The van der Waals surface area contributed by atoms with Crippen LogP contribution in [0.2, 0.25) is 0 Å². The average Bonchev–Trinajstić information content (AvgIpc) is 3.06. The van der Waals surface area contributed by atoms with Crippen molar-refractivity contribution in [1.82, 2.24) is 10.1 Å². The van der Waals surface area contributed by atoms with Crippen LogP contribution in [0.5, 0.6) is 11.5 Å². The molecule has 3 rings (SSSR count). The van der Waals surface area contributed by atoms with E-state index in [0.29, 0.717) is 11.7 Å². The van der Waals surface area contributed by atoms with E-state index >= 15 is 0 Å². The topological polar surface area (TPSA) is 69.4 Å². The summed E-state index contributed by atoms with van der Waals surface area (Å²) in [6, 6.07) is 5.63. The zero-order chi connectivity index (χ0) is 15.0. The number of anilines is 1. The van der Waals surface area contributed by atoms with Gasteiger partial charge in [-0.2, -0.15) is 4.98 Å². The first-order chi connectivity index (χ1) is 9.93. The summed E-state index contributed by atoms with van der Waals surface area (Å²) in [5, 5.41) is 7.36. The molecule has 2 aromatic rings. The van der Waals surface area contributed by atoms with Gasteiger partial charge in [-0.25, -0.2) is 0 Å². The second kappa shape index (κ2) is 4.95. The van der Waals surface area contributed by atoms with Crippen molar-refractivity contribution in [3.05, 3.63) is 29.9 Å². The molecule has 0 spiro atoms. The molecule has 0 bridgehead atoms. The van der Waals surface area contributed by atoms with Crippen molar-refractivity contribution < 1.29 is 14.0 Å². The van der Waals surface area contributed by atoms with Crippen LogP contribution in [0.15, 0.2) is 22.7 Å². The van der Waals surface area contributed by atoms with Crippen molar-refractivity contribution in [3.63, 3.8) is 0 Å². The third-order valence-corrected chi connectivity index (χ3v) is 3.24. The molecule has 2 heterocycles. The second-order valence-corrected chi connectivity index (χ2v) is 6.14. The third kappa shape index (κ3) is 2.79. The summed E-state index contributed by atoms with van der Waals surface area (Å²) in [7, 11) is 0. The van der Waals surface area contributed by atoms with E-state index in [0.717, 1.165) is 17.2 Å². The number of nitrogens with zero attached hydrogens (tertiary/aromatic N) is 2. The fraction of sp³-hybridized carbons (Fsp3) is 0.467. The number of aromatic nitrogens is 2. The Labute approximate surface area is 123 Å². The summed E-state index contributed by atoms with van der Waals surface area (Å²) in [5.41, 5.74) is 0.794. The van der Waals surface area contributed by atoms with Crippen LogP contribution in [0.4, 0.5) is 5.69 Å². The maximum Gasteiger partial charge on any atom is 0.248 e. The van der Waals surface area contributed by atoms with Gasteiger partial charge in [-0.15, -0.1) is 0 Å². The third-order valence-electron chi connectivity index (χ3n) is 3.24. The summed E-state index contributed by atoms with van der Waals surface area (Å²) in [4.78, 5) is 4.45. The molecule has 21 heavy (non-hydrogen) atoms. The molecule has 0 amide bonds. The molecule has 1 atom stereocenters. The van der Waals surface area contributed by atoms with Crippen LogP contribution in [0.1, 0.15) is 45.5 Å². The first-order valence-corrected chi connectivity index (χ1v) is 6.94. The summed E-state index contributed by atoms with van der Waals surface area (Å²) < 4.78 is 16.0. The Kier molecular flexibility index (Phi) is 3.23. The molecular weight excluding hydrogens is 270 g/mol. The molecule has 0 saturated heterocycles. The SMILES string of the molecule is C[C@H](Nc1ccc2c(c1)OCO2)c1nc(C(C)(C)C)no1. The predicted octanol–water partition coefficient (Wildman–Crippen LogP) is 3.27. The first kappa shape index (κ1) is 13.7. The maximum absolute atomic E-state index is 5.36. The van der Waals surface area contributed by atoms with E-state index in [1.165, 1.54) is 0 Å². The van der Waals surface area contributed by atoms with Crippen molar-refractivity contribution in [3.8, 4) is 11.5 Å². The molecule has 6 heteroatoms. The molecular formula is C15H19N3O3. The normalized spacial score (nSPS) is 15.0.